The van der Waals surface area contributed by atoms with E-state index in [4.69, 9.17) is 10.2 Å². The van der Waals surface area contributed by atoms with E-state index in [0.717, 1.165) is 5.39 Å². The van der Waals surface area contributed by atoms with Crippen LogP contribution in [0.15, 0.2) is 28.7 Å². The van der Waals surface area contributed by atoms with Gasteiger partial charge < -0.3 is 10.2 Å². The fourth-order valence-electron chi connectivity index (χ4n) is 1.28. The average molecular weight is 179 g/mol. The molecule has 0 spiro atoms. The van der Waals surface area contributed by atoms with Crippen molar-refractivity contribution in [2.75, 3.05) is 5.73 Å². The molecule has 1 aromatic carbocycles. The van der Waals surface area contributed by atoms with E-state index in [9.17, 15) is 4.39 Å². The molecule has 0 bridgehead atoms. The molecule has 68 valence electrons. The Labute approximate surface area is 75.1 Å². The third-order valence-corrected chi connectivity index (χ3v) is 1.95. The van der Waals surface area contributed by atoms with Crippen molar-refractivity contribution < 1.29 is 8.81 Å². The lowest BCUT2D eigenvalue weighted by Crippen LogP contribution is -1.81. The first-order chi connectivity index (χ1) is 6.16. The third kappa shape index (κ3) is 1.37. The number of alkyl halides is 1. The van der Waals surface area contributed by atoms with Gasteiger partial charge in [0.15, 0.2) is 6.17 Å². The van der Waals surface area contributed by atoms with Crippen LogP contribution in [0.25, 0.3) is 11.0 Å². The van der Waals surface area contributed by atoms with E-state index in [-0.39, 0.29) is 0 Å². The first-order valence-electron chi connectivity index (χ1n) is 4.10. The molecular weight excluding hydrogens is 169 g/mol. The maximum atomic E-state index is 12.8. The van der Waals surface area contributed by atoms with Gasteiger partial charge in [-0.15, -0.1) is 0 Å². The van der Waals surface area contributed by atoms with Crippen LogP contribution >= 0.6 is 0 Å². The Bertz CT molecular complexity index is 433. The highest BCUT2D eigenvalue weighted by Crippen LogP contribution is 2.26. The summed E-state index contributed by atoms with van der Waals surface area (Å²) in [7, 11) is 0. The van der Waals surface area contributed by atoms with Crippen molar-refractivity contribution >= 4 is 16.7 Å². The van der Waals surface area contributed by atoms with Crippen LogP contribution < -0.4 is 5.73 Å². The molecule has 1 aromatic heterocycles. The van der Waals surface area contributed by atoms with Gasteiger partial charge in [-0.3, -0.25) is 0 Å². The largest absolute Gasteiger partial charge is 0.458 e. The van der Waals surface area contributed by atoms with Crippen molar-refractivity contribution in [1.82, 2.24) is 0 Å². The number of rotatable bonds is 1. The zero-order chi connectivity index (χ0) is 9.42. The highest BCUT2D eigenvalue weighted by Gasteiger charge is 2.09. The third-order valence-electron chi connectivity index (χ3n) is 1.95. The highest BCUT2D eigenvalue weighted by atomic mass is 19.1. The Kier molecular flexibility index (Phi) is 1.72. The van der Waals surface area contributed by atoms with Crippen LogP contribution in [-0.2, 0) is 0 Å². The van der Waals surface area contributed by atoms with Crippen LogP contribution in [0.2, 0.25) is 0 Å². The summed E-state index contributed by atoms with van der Waals surface area (Å²) in [6.45, 7) is 1.45. The fraction of sp³-hybridized carbons (Fsp3) is 0.200. The van der Waals surface area contributed by atoms with Gasteiger partial charge in [-0.25, -0.2) is 4.39 Å². The van der Waals surface area contributed by atoms with Gasteiger partial charge in [0.25, 0.3) is 0 Å². The molecule has 2 nitrogen and oxygen atoms in total. The lowest BCUT2D eigenvalue weighted by Gasteiger charge is -1.92. The molecule has 2 N–H and O–H groups in total. The second kappa shape index (κ2) is 2.76. The average Bonchev–Trinajstić information content (AvgIpc) is 2.46. The predicted molar refractivity (Wildman–Crippen MR) is 50.1 cm³/mol. The zero-order valence-corrected chi connectivity index (χ0v) is 7.25. The summed E-state index contributed by atoms with van der Waals surface area (Å²) in [5, 5.41) is 0.847. The van der Waals surface area contributed by atoms with Crippen LogP contribution in [0.3, 0.4) is 0 Å². The number of fused-ring (bicyclic) bond motifs is 1. The number of hydrogen-bond acceptors (Lipinski definition) is 2. The lowest BCUT2D eigenvalue weighted by molar-refractivity contribution is 0.317. The molecule has 1 unspecified atom stereocenters. The maximum absolute atomic E-state index is 12.8. The summed E-state index contributed by atoms with van der Waals surface area (Å²) >= 11 is 0. The first-order valence-corrected chi connectivity index (χ1v) is 4.10. The summed E-state index contributed by atoms with van der Waals surface area (Å²) in [4.78, 5) is 0. The van der Waals surface area contributed by atoms with Crippen LogP contribution in [0.5, 0.6) is 0 Å². The second-order valence-corrected chi connectivity index (χ2v) is 3.06. The Balaban J connectivity index is 2.62. The topological polar surface area (TPSA) is 39.2 Å². The molecule has 0 aliphatic heterocycles. The SMILES string of the molecule is CC(F)c1cc2cc(N)ccc2o1. The summed E-state index contributed by atoms with van der Waals surface area (Å²) in [6.07, 6.45) is -1.08. The van der Waals surface area contributed by atoms with Crippen LogP contribution in [0.1, 0.15) is 18.9 Å². The standard InChI is InChI=1S/C10H10FNO/c1-6(11)10-5-7-4-8(12)2-3-9(7)13-10/h2-6H,12H2,1H3. The molecule has 0 radical (unpaired) electrons. The molecule has 1 heterocycles. The van der Waals surface area contributed by atoms with E-state index in [1.165, 1.54) is 6.92 Å². The van der Waals surface area contributed by atoms with E-state index in [1.54, 1.807) is 24.3 Å². The molecule has 2 aromatic rings. The quantitative estimate of drug-likeness (QED) is 0.683. The normalized spacial score (nSPS) is 13.4. The minimum Gasteiger partial charge on any atom is -0.458 e. The van der Waals surface area contributed by atoms with E-state index in [1.807, 2.05) is 0 Å². The smallest absolute Gasteiger partial charge is 0.155 e. The van der Waals surface area contributed by atoms with Gasteiger partial charge in [-0.05, 0) is 31.2 Å². The van der Waals surface area contributed by atoms with Crippen molar-refractivity contribution in [2.24, 2.45) is 0 Å². The molecule has 2 rings (SSSR count). The molecule has 1 atom stereocenters. The minimum absolute atomic E-state index is 0.348. The number of halogens is 1. The van der Waals surface area contributed by atoms with Crippen molar-refractivity contribution in [2.45, 2.75) is 13.1 Å². The molecule has 0 aliphatic carbocycles. The van der Waals surface area contributed by atoms with Gasteiger partial charge in [0.05, 0.1) is 0 Å². The number of benzene rings is 1. The first kappa shape index (κ1) is 8.10. The van der Waals surface area contributed by atoms with Crippen molar-refractivity contribution in [3.05, 3.63) is 30.0 Å². The zero-order valence-electron chi connectivity index (χ0n) is 7.25. The van der Waals surface area contributed by atoms with Gasteiger partial charge in [-0.1, -0.05) is 0 Å². The molecular formula is C10H10FNO. The van der Waals surface area contributed by atoms with E-state index in [2.05, 4.69) is 0 Å². The molecule has 3 heteroatoms. The van der Waals surface area contributed by atoms with Gasteiger partial charge in [0.2, 0.25) is 0 Å². The summed E-state index contributed by atoms with van der Waals surface area (Å²) in [5.74, 6) is 0.348. The Morgan fingerprint density at radius 2 is 2.15 bits per heavy atom. The molecule has 13 heavy (non-hydrogen) atoms. The van der Waals surface area contributed by atoms with E-state index >= 15 is 0 Å². The van der Waals surface area contributed by atoms with Crippen LogP contribution in [-0.4, -0.2) is 0 Å². The highest BCUT2D eigenvalue weighted by molar-refractivity contribution is 5.81. The summed E-state index contributed by atoms with van der Waals surface area (Å²) in [6, 6.07) is 6.93. The molecule has 0 amide bonds. The van der Waals surface area contributed by atoms with Crippen molar-refractivity contribution in [3.63, 3.8) is 0 Å². The Morgan fingerprint density at radius 3 is 2.85 bits per heavy atom. The molecule has 0 saturated carbocycles. The van der Waals surface area contributed by atoms with Crippen molar-refractivity contribution in [1.29, 1.82) is 0 Å². The van der Waals surface area contributed by atoms with Crippen molar-refractivity contribution in [3.8, 4) is 0 Å². The van der Waals surface area contributed by atoms with Gasteiger partial charge in [0.1, 0.15) is 11.3 Å². The van der Waals surface area contributed by atoms with Gasteiger partial charge >= 0.3 is 0 Å². The second-order valence-electron chi connectivity index (χ2n) is 3.06. The van der Waals surface area contributed by atoms with Gasteiger partial charge in [-0.2, -0.15) is 0 Å². The number of hydrogen-bond donors (Lipinski definition) is 1. The lowest BCUT2D eigenvalue weighted by atomic mass is 10.2. The number of nitrogens with two attached hydrogens (primary N) is 1. The summed E-state index contributed by atoms with van der Waals surface area (Å²) in [5.41, 5.74) is 6.91. The monoisotopic (exact) mass is 179 g/mol. The van der Waals surface area contributed by atoms with Gasteiger partial charge in [0, 0.05) is 11.1 Å². The van der Waals surface area contributed by atoms with E-state index in [0.29, 0.717) is 17.0 Å². The molecule has 0 saturated heterocycles. The fourth-order valence-corrected chi connectivity index (χ4v) is 1.28. The summed E-state index contributed by atoms with van der Waals surface area (Å²) < 4.78 is 18.1. The molecule has 0 aliphatic rings. The minimum atomic E-state index is -1.08. The Morgan fingerprint density at radius 1 is 1.38 bits per heavy atom. The van der Waals surface area contributed by atoms with E-state index < -0.39 is 6.17 Å². The Hall–Kier alpha value is -1.51. The maximum Gasteiger partial charge on any atom is 0.155 e. The molecule has 0 fully saturated rings. The van der Waals surface area contributed by atoms with Crippen LogP contribution in [0.4, 0.5) is 10.1 Å². The number of nitrogen functional groups attached to an aromatic ring is 1. The predicted octanol–water partition coefficient (Wildman–Crippen LogP) is 3.05. The van der Waals surface area contributed by atoms with Crippen LogP contribution in [0, 0.1) is 0 Å². The number of furan rings is 1. The number of anilines is 1.